The molecule has 2 heterocycles. The van der Waals surface area contributed by atoms with Crippen LogP contribution in [0.25, 0.3) is 0 Å². The summed E-state index contributed by atoms with van der Waals surface area (Å²) in [5.41, 5.74) is 2.27. The predicted molar refractivity (Wildman–Crippen MR) is 90.7 cm³/mol. The van der Waals surface area contributed by atoms with Gasteiger partial charge in [0, 0.05) is 19.6 Å². The molecule has 0 aliphatic carbocycles. The Morgan fingerprint density at radius 2 is 1.48 bits per heavy atom. The van der Waals surface area contributed by atoms with Gasteiger partial charge in [-0.15, -0.1) is 0 Å². The summed E-state index contributed by atoms with van der Waals surface area (Å²) < 4.78 is 0. The summed E-state index contributed by atoms with van der Waals surface area (Å²) in [6.07, 6.45) is 2.13. The summed E-state index contributed by atoms with van der Waals surface area (Å²) in [4.78, 5) is 17.3. The van der Waals surface area contributed by atoms with Gasteiger partial charge in [-0.05, 0) is 30.5 Å². The highest BCUT2D eigenvalue weighted by Crippen LogP contribution is 2.40. The minimum Gasteiger partial charge on any atom is -0.334 e. The summed E-state index contributed by atoms with van der Waals surface area (Å²) in [6.45, 7) is 3.51. The van der Waals surface area contributed by atoms with Crippen LogP contribution in [0.5, 0.6) is 0 Å². The first-order valence-electron chi connectivity index (χ1n) is 8.40. The van der Waals surface area contributed by atoms with E-state index in [4.69, 9.17) is 0 Å². The van der Waals surface area contributed by atoms with Crippen molar-refractivity contribution in [2.24, 2.45) is 0 Å². The van der Waals surface area contributed by atoms with Gasteiger partial charge in [0.15, 0.2) is 0 Å². The summed E-state index contributed by atoms with van der Waals surface area (Å²) in [6, 6.07) is 20.8. The quantitative estimate of drug-likeness (QED) is 0.811. The summed E-state index contributed by atoms with van der Waals surface area (Å²) in [5, 5.41) is 0. The van der Waals surface area contributed by atoms with E-state index in [0.29, 0.717) is 5.91 Å². The van der Waals surface area contributed by atoms with E-state index in [1.54, 1.807) is 0 Å². The van der Waals surface area contributed by atoms with Crippen LogP contribution in [0, 0.1) is 0 Å². The lowest BCUT2D eigenvalue weighted by atomic mass is 9.85. The zero-order chi connectivity index (χ0) is 15.7. The fraction of sp³-hybridized carbons (Fsp3) is 0.350. The lowest BCUT2D eigenvalue weighted by molar-refractivity contribution is -0.163. The fourth-order valence-corrected chi connectivity index (χ4v) is 3.98. The number of benzene rings is 2. The van der Waals surface area contributed by atoms with Crippen molar-refractivity contribution in [3.8, 4) is 0 Å². The Morgan fingerprint density at radius 3 is 2.09 bits per heavy atom. The normalized spacial score (nSPS) is 24.2. The molecule has 0 radical (unpaired) electrons. The van der Waals surface area contributed by atoms with E-state index in [1.165, 1.54) is 11.1 Å². The number of carbonyl (C=O) groups is 1. The third-order valence-corrected chi connectivity index (χ3v) is 5.19. The second kappa shape index (κ2) is 5.82. The Bertz CT molecular complexity index is 685. The number of hydrogen-bond acceptors (Lipinski definition) is 2. The van der Waals surface area contributed by atoms with Gasteiger partial charge < -0.3 is 4.90 Å². The van der Waals surface area contributed by atoms with Gasteiger partial charge in [-0.3, -0.25) is 9.69 Å². The zero-order valence-electron chi connectivity index (χ0n) is 13.3. The Morgan fingerprint density at radius 1 is 0.870 bits per heavy atom. The molecule has 23 heavy (non-hydrogen) atoms. The maximum atomic E-state index is 12.9. The number of carbonyl (C=O) groups excluding carboxylic acids is 1. The van der Waals surface area contributed by atoms with Crippen LogP contribution < -0.4 is 0 Å². The molecule has 4 rings (SSSR count). The molecule has 1 atom stereocenters. The molecule has 2 aromatic rings. The van der Waals surface area contributed by atoms with Crippen LogP contribution in [0.2, 0.25) is 0 Å². The van der Waals surface area contributed by atoms with Gasteiger partial charge >= 0.3 is 0 Å². The average molecular weight is 306 g/mol. The van der Waals surface area contributed by atoms with Crippen LogP contribution >= 0.6 is 0 Å². The summed E-state index contributed by atoms with van der Waals surface area (Å²) >= 11 is 0. The zero-order valence-corrected chi connectivity index (χ0v) is 13.3. The Kier molecular flexibility index (Phi) is 3.66. The lowest BCUT2D eigenvalue weighted by Gasteiger charge is -2.51. The van der Waals surface area contributed by atoms with Gasteiger partial charge in [0.05, 0.1) is 0 Å². The fourth-order valence-electron chi connectivity index (χ4n) is 3.98. The molecule has 2 aromatic carbocycles. The molecule has 118 valence electrons. The van der Waals surface area contributed by atoms with Crippen molar-refractivity contribution in [1.82, 2.24) is 9.80 Å². The monoisotopic (exact) mass is 306 g/mol. The van der Waals surface area contributed by atoms with Crippen molar-refractivity contribution in [2.45, 2.75) is 31.5 Å². The summed E-state index contributed by atoms with van der Waals surface area (Å²) in [5.74, 6) is 0.315. The van der Waals surface area contributed by atoms with Crippen LogP contribution in [-0.4, -0.2) is 34.3 Å². The van der Waals surface area contributed by atoms with Crippen LogP contribution in [-0.2, 0) is 17.9 Å². The van der Waals surface area contributed by atoms with Crippen molar-refractivity contribution < 1.29 is 4.79 Å². The molecule has 1 unspecified atom stereocenters. The molecule has 2 fully saturated rings. The first kappa shape index (κ1) is 14.5. The highest BCUT2D eigenvalue weighted by atomic mass is 16.2. The maximum absolute atomic E-state index is 12.9. The van der Waals surface area contributed by atoms with E-state index >= 15 is 0 Å². The van der Waals surface area contributed by atoms with Crippen molar-refractivity contribution >= 4 is 5.91 Å². The molecule has 2 saturated heterocycles. The summed E-state index contributed by atoms with van der Waals surface area (Å²) in [7, 11) is 0. The standard InChI is InChI=1S/C20H22N2O/c23-19-20(16-21(19)14-17-8-3-1-4-9-17)12-7-13-22(20)15-18-10-5-2-6-11-18/h1-6,8-11H,7,12-16H2. The molecule has 2 aliphatic heterocycles. The number of hydrogen-bond donors (Lipinski definition) is 0. The number of nitrogens with zero attached hydrogens (tertiary/aromatic N) is 2. The Hall–Kier alpha value is -2.13. The minimum atomic E-state index is -0.232. The molecular weight excluding hydrogens is 284 g/mol. The number of amides is 1. The van der Waals surface area contributed by atoms with Crippen molar-refractivity contribution in [3.05, 3.63) is 71.8 Å². The average Bonchev–Trinajstić information content (AvgIpc) is 3.01. The van der Waals surface area contributed by atoms with Gasteiger partial charge in [-0.2, -0.15) is 0 Å². The number of likely N-dealkylation sites (tertiary alicyclic amines) is 2. The third kappa shape index (κ3) is 2.55. The van der Waals surface area contributed by atoms with E-state index in [9.17, 15) is 4.79 Å². The second-order valence-electron chi connectivity index (χ2n) is 6.69. The van der Waals surface area contributed by atoms with Crippen LogP contribution in [0.15, 0.2) is 60.7 Å². The minimum absolute atomic E-state index is 0.232. The van der Waals surface area contributed by atoms with Gasteiger partial charge in [0.1, 0.15) is 5.54 Å². The molecular formula is C20H22N2O. The van der Waals surface area contributed by atoms with E-state index in [1.807, 2.05) is 29.2 Å². The molecule has 1 amide bonds. The Labute approximate surface area is 137 Å². The second-order valence-corrected chi connectivity index (χ2v) is 6.69. The number of rotatable bonds is 4. The van der Waals surface area contributed by atoms with Crippen molar-refractivity contribution in [3.63, 3.8) is 0 Å². The maximum Gasteiger partial charge on any atom is 0.245 e. The SMILES string of the molecule is O=C1N(Cc2ccccc2)CC12CCCN2Cc1ccccc1. The third-order valence-electron chi connectivity index (χ3n) is 5.19. The first-order valence-corrected chi connectivity index (χ1v) is 8.40. The van der Waals surface area contributed by atoms with Crippen molar-refractivity contribution in [2.75, 3.05) is 13.1 Å². The van der Waals surface area contributed by atoms with E-state index in [0.717, 1.165) is 39.0 Å². The van der Waals surface area contributed by atoms with Crippen LogP contribution in [0.1, 0.15) is 24.0 Å². The highest BCUT2D eigenvalue weighted by Gasteiger charge is 2.57. The molecule has 1 spiro atoms. The molecule has 3 heteroatoms. The van der Waals surface area contributed by atoms with Gasteiger partial charge in [0.25, 0.3) is 0 Å². The number of β-lactam (4-membered cyclic amide) rings is 1. The Balaban J connectivity index is 1.45. The first-order chi connectivity index (χ1) is 11.3. The molecule has 3 nitrogen and oxygen atoms in total. The van der Waals surface area contributed by atoms with E-state index in [-0.39, 0.29) is 5.54 Å². The van der Waals surface area contributed by atoms with Crippen LogP contribution in [0.3, 0.4) is 0 Å². The van der Waals surface area contributed by atoms with E-state index in [2.05, 4.69) is 41.3 Å². The largest absolute Gasteiger partial charge is 0.334 e. The predicted octanol–water partition coefficient (Wildman–Crippen LogP) is 3.06. The van der Waals surface area contributed by atoms with Crippen molar-refractivity contribution in [1.29, 1.82) is 0 Å². The smallest absolute Gasteiger partial charge is 0.245 e. The lowest BCUT2D eigenvalue weighted by Crippen LogP contribution is -2.71. The topological polar surface area (TPSA) is 23.6 Å². The molecule has 0 aromatic heterocycles. The molecule has 0 N–H and O–H groups in total. The molecule has 2 aliphatic rings. The molecule has 0 bridgehead atoms. The molecule has 0 saturated carbocycles. The van der Waals surface area contributed by atoms with Gasteiger partial charge in [-0.25, -0.2) is 0 Å². The van der Waals surface area contributed by atoms with Gasteiger partial charge in [0.2, 0.25) is 5.91 Å². The van der Waals surface area contributed by atoms with Gasteiger partial charge in [-0.1, -0.05) is 60.7 Å². The highest BCUT2D eigenvalue weighted by molar-refractivity contribution is 5.93. The van der Waals surface area contributed by atoms with E-state index < -0.39 is 0 Å². The van der Waals surface area contributed by atoms with Crippen LogP contribution in [0.4, 0.5) is 0 Å².